The summed E-state index contributed by atoms with van der Waals surface area (Å²) >= 11 is 0. The van der Waals surface area contributed by atoms with Gasteiger partial charge in [-0.1, -0.05) is 144 Å². The summed E-state index contributed by atoms with van der Waals surface area (Å²) in [7, 11) is 1.42. The quantitative estimate of drug-likeness (QED) is 0.140. The molecule has 60 heavy (non-hydrogen) atoms. The molecule has 0 saturated heterocycles. The van der Waals surface area contributed by atoms with Crippen LogP contribution in [0.2, 0.25) is 0 Å². The topological polar surface area (TPSA) is 19.0 Å². The third-order valence-corrected chi connectivity index (χ3v) is 15.1. The molecule has 9 aromatic rings. The lowest BCUT2D eigenvalue weighted by atomic mass is 9.58. The maximum atomic E-state index is 4.00. The van der Waals surface area contributed by atoms with Crippen LogP contribution in [0.25, 0.3) is 77.0 Å². The summed E-state index contributed by atoms with van der Waals surface area (Å²) in [6, 6.07) is 46.3. The number of para-hydroxylation sites is 1. The van der Waals surface area contributed by atoms with Crippen LogP contribution in [0.4, 0.5) is 17.1 Å². The van der Waals surface area contributed by atoms with E-state index in [9.17, 15) is 0 Å². The predicted molar refractivity (Wildman–Crippen MR) is 261 cm³/mol. The van der Waals surface area contributed by atoms with Gasteiger partial charge in [0.2, 0.25) is 0 Å². The summed E-state index contributed by atoms with van der Waals surface area (Å²) in [5, 5.41) is 9.37. The molecule has 1 atom stereocenters. The number of H-pyrrole nitrogens is 1. The minimum absolute atomic E-state index is 0.568. The number of hydrogen-bond donors (Lipinski definition) is 1. The van der Waals surface area contributed by atoms with E-state index in [2.05, 4.69) is 174 Å². The van der Waals surface area contributed by atoms with Gasteiger partial charge in [0.15, 0.2) is 7.28 Å². The zero-order valence-electron chi connectivity index (χ0n) is 33.5. The van der Waals surface area contributed by atoms with Gasteiger partial charge in [0.05, 0.1) is 11.2 Å². The highest BCUT2D eigenvalue weighted by Gasteiger charge is 2.34. The third-order valence-electron chi connectivity index (χ3n) is 13.6. The van der Waals surface area contributed by atoms with Gasteiger partial charge in [-0.05, 0) is 122 Å². The molecule has 2 nitrogen and oxygen atoms in total. The van der Waals surface area contributed by atoms with Crippen LogP contribution < -0.4 is 15.8 Å². The standard InChI is InChI=1S/C56H40BN2P/c1-33-13-10-17-34(27-33)37-25-26-47-50(31-37)59(49-23-12-20-40-39-18-9-8-16-38(39)29-45(40)49)51-32-46-41-19-4-2-3-5-24-52(41)60-56(46)53(54(51)57-47)43-22-11-21-42-44-28-35-14-6-7-15-36(35)30-48(44)58-55(42)43/h4,6-7,9-15,17-23,25-28,30-32,57-58,60H,2,8,16,24,29H2,1H3/b19-4-. The number of allylic oxidation sites excluding steroid dienone is 5. The van der Waals surface area contributed by atoms with Crippen molar-refractivity contribution in [3.63, 3.8) is 0 Å². The zero-order chi connectivity index (χ0) is 39.5. The maximum absolute atomic E-state index is 4.00. The maximum Gasteiger partial charge on any atom is 0.198 e. The van der Waals surface area contributed by atoms with E-state index in [-0.39, 0.29) is 0 Å². The van der Waals surface area contributed by atoms with Crippen molar-refractivity contribution >= 4 is 98.2 Å². The van der Waals surface area contributed by atoms with Crippen molar-refractivity contribution in [3.8, 4) is 34.1 Å². The van der Waals surface area contributed by atoms with Crippen molar-refractivity contribution in [3.05, 3.63) is 173 Å². The fourth-order valence-corrected chi connectivity index (χ4v) is 12.4. The molecule has 1 aliphatic heterocycles. The van der Waals surface area contributed by atoms with Crippen LogP contribution in [0, 0.1) is 18.8 Å². The second-order valence-electron chi connectivity index (χ2n) is 17.1. The molecule has 0 bridgehead atoms. The van der Waals surface area contributed by atoms with E-state index in [1.807, 2.05) is 0 Å². The molecule has 7 aromatic carbocycles. The average molecular weight is 783 g/mol. The molecule has 13 rings (SSSR count). The van der Waals surface area contributed by atoms with E-state index in [0.29, 0.717) is 8.19 Å². The van der Waals surface area contributed by atoms with Crippen LogP contribution in [0.15, 0.2) is 145 Å². The normalized spacial score (nSPS) is 15.7. The van der Waals surface area contributed by atoms with E-state index in [4.69, 9.17) is 0 Å². The monoisotopic (exact) mass is 782 g/mol. The highest BCUT2D eigenvalue weighted by Crippen LogP contribution is 2.51. The van der Waals surface area contributed by atoms with E-state index in [1.165, 1.54) is 126 Å². The number of nitrogens with one attached hydrogen (secondary N) is 1. The number of fused-ring (bicyclic) bond motifs is 11. The van der Waals surface area contributed by atoms with Crippen LogP contribution in [-0.2, 0) is 12.8 Å². The van der Waals surface area contributed by atoms with Crippen molar-refractivity contribution in [1.82, 2.24) is 4.98 Å². The Bertz CT molecular complexity index is 3520. The first-order valence-electron chi connectivity index (χ1n) is 21.4. The Morgan fingerprint density at radius 3 is 2.50 bits per heavy atom. The molecule has 1 N–H and O–H groups in total. The Morgan fingerprint density at radius 1 is 0.700 bits per heavy atom. The highest BCUT2D eigenvalue weighted by molar-refractivity contribution is 7.39. The van der Waals surface area contributed by atoms with E-state index >= 15 is 0 Å². The molecular weight excluding hydrogens is 742 g/mol. The molecule has 0 spiro atoms. The predicted octanol–water partition coefficient (Wildman–Crippen LogP) is 13.1. The Hall–Kier alpha value is -6.72. The smallest absolute Gasteiger partial charge is 0.198 e. The lowest BCUT2D eigenvalue weighted by Crippen LogP contribution is -2.41. The van der Waals surface area contributed by atoms with Gasteiger partial charge < -0.3 is 9.88 Å². The summed E-state index contributed by atoms with van der Waals surface area (Å²) in [5.74, 6) is 6.93. The second-order valence-corrected chi connectivity index (χ2v) is 18.4. The molecule has 282 valence electrons. The first-order chi connectivity index (χ1) is 29.6. The molecule has 0 radical (unpaired) electrons. The molecule has 1 unspecified atom stereocenters. The van der Waals surface area contributed by atoms with E-state index in [1.54, 1.807) is 5.57 Å². The third kappa shape index (κ3) is 5.11. The molecule has 3 heterocycles. The van der Waals surface area contributed by atoms with E-state index in [0.717, 1.165) is 39.4 Å². The van der Waals surface area contributed by atoms with Crippen LogP contribution in [0.3, 0.4) is 0 Å². The molecule has 0 fully saturated rings. The zero-order valence-corrected chi connectivity index (χ0v) is 34.5. The van der Waals surface area contributed by atoms with Crippen molar-refractivity contribution in [2.24, 2.45) is 0 Å². The fraction of sp³-hybridized carbons (Fsp3) is 0.107. The fourth-order valence-electron chi connectivity index (χ4n) is 10.8. The SMILES string of the molecule is Cc1cccc(-c2ccc3c(c2)N(c2cccc4c2CC2=C4C=CCC2)c2cc4c5c([pH]c4c(-c4cccc6c4[nH]c4cc7ccccc7cc46)c2B3)CC#CC/C=C\5)c1. The van der Waals surface area contributed by atoms with Crippen molar-refractivity contribution in [1.29, 1.82) is 0 Å². The minimum atomic E-state index is 0.568. The summed E-state index contributed by atoms with van der Waals surface area (Å²) in [4.78, 5) is 6.67. The number of rotatable bonds is 3. The lowest BCUT2D eigenvalue weighted by molar-refractivity contribution is 0.934. The van der Waals surface area contributed by atoms with Gasteiger partial charge in [-0.15, -0.1) is 8.19 Å². The Morgan fingerprint density at radius 2 is 1.57 bits per heavy atom. The Kier molecular flexibility index (Phi) is 7.49. The molecule has 3 aliphatic carbocycles. The number of hydrogen-bond acceptors (Lipinski definition) is 1. The first-order valence-corrected chi connectivity index (χ1v) is 22.4. The summed E-state index contributed by atoms with van der Waals surface area (Å²) in [6.45, 7) is 2.19. The highest BCUT2D eigenvalue weighted by atomic mass is 31.0. The summed E-state index contributed by atoms with van der Waals surface area (Å²) in [5.41, 5.74) is 22.8. The number of aromatic amines is 1. The largest absolute Gasteiger partial charge is 0.354 e. The van der Waals surface area contributed by atoms with Crippen LogP contribution in [0.1, 0.15) is 46.8 Å². The van der Waals surface area contributed by atoms with Crippen molar-refractivity contribution < 1.29 is 0 Å². The van der Waals surface area contributed by atoms with Crippen LogP contribution in [-0.4, -0.2) is 12.3 Å². The molecule has 4 aliphatic rings. The van der Waals surface area contributed by atoms with E-state index < -0.39 is 0 Å². The van der Waals surface area contributed by atoms with Gasteiger partial charge in [0.25, 0.3) is 0 Å². The van der Waals surface area contributed by atoms with Gasteiger partial charge in [-0.3, -0.25) is 0 Å². The minimum Gasteiger partial charge on any atom is -0.354 e. The number of aromatic nitrogens is 1. The lowest BCUT2D eigenvalue weighted by Gasteiger charge is -2.36. The molecule has 4 heteroatoms. The average Bonchev–Trinajstić information content (AvgIpc) is 3.94. The first kappa shape index (κ1) is 34.2. The summed E-state index contributed by atoms with van der Waals surface area (Å²) < 4.78 is 0. The number of nitrogens with zero attached hydrogens (tertiary/aromatic N) is 1. The van der Waals surface area contributed by atoms with Gasteiger partial charge in [-0.2, -0.15) is 0 Å². The Labute approximate surface area is 352 Å². The second kappa shape index (κ2) is 13.1. The van der Waals surface area contributed by atoms with Gasteiger partial charge in [-0.25, -0.2) is 0 Å². The number of benzene rings is 7. The van der Waals surface area contributed by atoms with Crippen LogP contribution >= 0.6 is 8.19 Å². The Balaban J connectivity index is 1.13. The summed E-state index contributed by atoms with van der Waals surface area (Å²) in [6.07, 6.45) is 14.3. The van der Waals surface area contributed by atoms with Crippen molar-refractivity contribution in [2.75, 3.05) is 4.90 Å². The van der Waals surface area contributed by atoms with Crippen molar-refractivity contribution in [2.45, 2.75) is 39.0 Å². The molecule has 0 saturated carbocycles. The van der Waals surface area contributed by atoms with Gasteiger partial charge in [0, 0.05) is 51.2 Å². The number of anilines is 3. The number of aryl methyl sites for hydroxylation is 1. The molecular formula is C56H40BN2P. The molecule has 2 aromatic heterocycles. The molecule has 0 amide bonds. The van der Waals surface area contributed by atoms with Gasteiger partial charge in [0.1, 0.15) is 0 Å². The van der Waals surface area contributed by atoms with Gasteiger partial charge >= 0.3 is 0 Å². The van der Waals surface area contributed by atoms with Crippen LogP contribution in [0.5, 0.6) is 0 Å².